The predicted molar refractivity (Wildman–Crippen MR) is 147 cm³/mol. The zero-order valence-electron chi connectivity index (χ0n) is 19.8. The highest BCUT2D eigenvalue weighted by atomic mass is 32.1. The van der Waals surface area contributed by atoms with Crippen molar-refractivity contribution in [2.24, 2.45) is 0 Å². The van der Waals surface area contributed by atoms with E-state index in [2.05, 4.69) is 43.1 Å². The molecule has 2 aromatic heterocycles. The molecule has 0 unspecified atom stereocenters. The molecule has 2 amide bonds. The van der Waals surface area contributed by atoms with E-state index in [1.807, 2.05) is 39.2 Å². The number of amides is 2. The van der Waals surface area contributed by atoms with Gasteiger partial charge in [-0.15, -0.1) is 22.7 Å². The Bertz CT molecular complexity index is 1200. The second kappa shape index (κ2) is 11.1. The number of nitrogens with zero attached hydrogens (tertiary/aromatic N) is 3. The number of hydrazine groups is 1. The quantitative estimate of drug-likeness (QED) is 0.337. The molecule has 3 heterocycles. The summed E-state index contributed by atoms with van der Waals surface area (Å²) in [6.07, 6.45) is 1.81. The largest absolute Gasteiger partial charge is 0.378 e. The molecule has 1 aliphatic heterocycles. The normalized spacial score (nSPS) is 13.9. The number of carbonyl (C=O) groups is 2. The van der Waals surface area contributed by atoms with Crippen LogP contribution in [0.1, 0.15) is 48.8 Å². The number of piperidine rings is 1. The number of aryl methyl sites for hydroxylation is 1. The zero-order chi connectivity index (χ0) is 24.9. The van der Waals surface area contributed by atoms with Crippen molar-refractivity contribution in [3.8, 4) is 0 Å². The first kappa shape index (κ1) is 25.1. The number of hydrogen-bond donors (Lipinski definition) is 3. The molecule has 0 aliphatic carbocycles. The molecule has 0 spiro atoms. The minimum atomic E-state index is -0.419. The number of benzene rings is 1. The van der Waals surface area contributed by atoms with Crippen molar-refractivity contribution in [2.75, 3.05) is 37.4 Å². The molecule has 1 saturated heterocycles. The Kier molecular flexibility index (Phi) is 7.99. The van der Waals surface area contributed by atoms with Crippen LogP contribution in [-0.4, -0.2) is 54.0 Å². The van der Waals surface area contributed by atoms with Crippen LogP contribution < -0.4 is 21.1 Å². The molecule has 0 bridgehead atoms. The average molecular weight is 529 g/mol. The molecule has 4 rings (SSSR count). The molecular formula is C24H28N6O2S3. The highest BCUT2D eigenvalue weighted by Gasteiger charge is 2.25. The van der Waals surface area contributed by atoms with Gasteiger partial charge in [0, 0.05) is 54.7 Å². The average Bonchev–Trinajstić information content (AvgIpc) is 3.52. The van der Waals surface area contributed by atoms with Gasteiger partial charge in [-0.05, 0) is 68.4 Å². The van der Waals surface area contributed by atoms with Gasteiger partial charge in [0.25, 0.3) is 11.8 Å². The highest BCUT2D eigenvalue weighted by molar-refractivity contribution is 7.80. The van der Waals surface area contributed by atoms with E-state index in [1.165, 1.54) is 22.7 Å². The first-order valence-corrected chi connectivity index (χ1v) is 13.4. The fourth-order valence-electron chi connectivity index (χ4n) is 3.75. The van der Waals surface area contributed by atoms with E-state index in [4.69, 9.17) is 12.2 Å². The summed E-state index contributed by atoms with van der Waals surface area (Å²) >= 11 is 8.48. The lowest BCUT2D eigenvalue weighted by Gasteiger charge is -2.33. The number of rotatable bonds is 5. The first-order valence-electron chi connectivity index (χ1n) is 11.3. The van der Waals surface area contributed by atoms with Gasteiger partial charge >= 0.3 is 0 Å². The number of thiophene rings is 1. The Morgan fingerprint density at radius 1 is 1.06 bits per heavy atom. The van der Waals surface area contributed by atoms with Crippen LogP contribution in [0.4, 0.5) is 11.4 Å². The van der Waals surface area contributed by atoms with E-state index in [1.54, 1.807) is 11.4 Å². The summed E-state index contributed by atoms with van der Waals surface area (Å²) in [7, 11) is 4.03. The van der Waals surface area contributed by atoms with Crippen LogP contribution in [0, 0.1) is 6.92 Å². The summed E-state index contributed by atoms with van der Waals surface area (Å²) in [5.74, 6) is -0.474. The monoisotopic (exact) mass is 528 g/mol. The van der Waals surface area contributed by atoms with Gasteiger partial charge in [-0.2, -0.15) is 0 Å². The van der Waals surface area contributed by atoms with Gasteiger partial charge in [0.15, 0.2) is 5.11 Å². The molecule has 184 valence electrons. The maximum absolute atomic E-state index is 12.4. The van der Waals surface area contributed by atoms with Gasteiger partial charge in [-0.1, -0.05) is 0 Å². The molecule has 0 atom stereocenters. The third-order valence-electron chi connectivity index (χ3n) is 5.77. The number of aromatic nitrogens is 1. The topological polar surface area (TPSA) is 89.6 Å². The Balaban J connectivity index is 1.25. The van der Waals surface area contributed by atoms with E-state index in [-0.39, 0.29) is 11.8 Å². The van der Waals surface area contributed by atoms with Crippen LogP contribution in [0.5, 0.6) is 0 Å². The van der Waals surface area contributed by atoms with Gasteiger partial charge in [0.05, 0.1) is 9.88 Å². The summed E-state index contributed by atoms with van der Waals surface area (Å²) in [5.41, 5.74) is 7.33. The Hall–Kier alpha value is -3.02. The van der Waals surface area contributed by atoms with Crippen molar-refractivity contribution < 1.29 is 9.59 Å². The van der Waals surface area contributed by atoms with Crippen LogP contribution in [0.3, 0.4) is 0 Å². The number of nitrogens with one attached hydrogen (secondary N) is 3. The number of likely N-dealkylation sites (tertiary alicyclic amines) is 1. The highest BCUT2D eigenvalue weighted by Crippen LogP contribution is 2.30. The van der Waals surface area contributed by atoms with Crippen molar-refractivity contribution >= 4 is 63.2 Å². The third kappa shape index (κ3) is 6.36. The van der Waals surface area contributed by atoms with Gasteiger partial charge in [0.1, 0.15) is 5.69 Å². The van der Waals surface area contributed by atoms with Gasteiger partial charge in [0.2, 0.25) is 0 Å². The van der Waals surface area contributed by atoms with Crippen molar-refractivity contribution in [3.63, 3.8) is 0 Å². The standard InChI is InChI=1S/C24H28N6O2S3/c1-15-4-9-20(35-15)22(32)28-27-21(31)19-14-34-23(26-19)16-10-12-30(13-11-16)24(33)25-17-5-7-18(8-6-17)29(2)3/h4-9,14,16H,10-13H2,1-3H3,(H,25,33)(H,27,31)(H,28,32). The molecule has 1 aromatic carbocycles. The molecule has 3 N–H and O–H groups in total. The van der Waals surface area contributed by atoms with Crippen LogP contribution in [0.15, 0.2) is 41.8 Å². The first-order chi connectivity index (χ1) is 16.8. The lowest BCUT2D eigenvalue weighted by Crippen LogP contribution is -2.41. The molecular weight excluding hydrogens is 501 g/mol. The predicted octanol–water partition coefficient (Wildman–Crippen LogP) is 4.23. The van der Waals surface area contributed by atoms with E-state index < -0.39 is 5.91 Å². The second-order valence-electron chi connectivity index (χ2n) is 8.52. The molecule has 0 saturated carbocycles. The van der Waals surface area contributed by atoms with E-state index in [0.717, 1.165) is 52.3 Å². The van der Waals surface area contributed by atoms with Crippen molar-refractivity contribution in [3.05, 3.63) is 62.2 Å². The van der Waals surface area contributed by atoms with Crippen molar-refractivity contribution in [1.29, 1.82) is 0 Å². The van der Waals surface area contributed by atoms with Gasteiger partial charge in [-0.3, -0.25) is 20.4 Å². The summed E-state index contributed by atoms with van der Waals surface area (Å²) in [4.78, 5) is 34.9. The zero-order valence-corrected chi connectivity index (χ0v) is 22.3. The van der Waals surface area contributed by atoms with Crippen LogP contribution >= 0.6 is 34.9 Å². The van der Waals surface area contributed by atoms with Gasteiger partial charge < -0.3 is 15.1 Å². The fraction of sp³-hybridized carbons (Fsp3) is 0.333. The van der Waals surface area contributed by atoms with Crippen LogP contribution in [0.2, 0.25) is 0 Å². The lowest BCUT2D eigenvalue weighted by atomic mass is 9.98. The Morgan fingerprint density at radius 2 is 1.74 bits per heavy atom. The Labute approximate surface area is 218 Å². The summed E-state index contributed by atoms with van der Waals surface area (Å²) in [5, 5.41) is 6.72. The van der Waals surface area contributed by atoms with E-state index in [0.29, 0.717) is 10.6 Å². The molecule has 11 heteroatoms. The minimum absolute atomic E-state index is 0.281. The molecule has 1 aliphatic rings. The lowest BCUT2D eigenvalue weighted by molar-refractivity contribution is 0.0846. The molecule has 8 nitrogen and oxygen atoms in total. The second-order valence-corrected chi connectivity index (χ2v) is 11.1. The molecule has 1 fully saturated rings. The van der Waals surface area contributed by atoms with Gasteiger partial charge in [-0.25, -0.2) is 4.98 Å². The van der Waals surface area contributed by atoms with E-state index in [9.17, 15) is 9.59 Å². The SMILES string of the molecule is Cc1ccc(C(=O)NNC(=O)c2csc(C3CCN(C(=S)Nc4ccc(N(C)C)cc4)CC3)n2)s1. The summed E-state index contributed by atoms with van der Waals surface area (Å²) < 4.78 is 0. The minimum Gasteiger partial charge on any atom is -0.378 e. The van der Waals surface area contributed by atoms with E-state index >= 15 is 0 Å². The van der Waals surface area contributed by atoms with Crippen LogP contribution in [0.25, 0.3) is 0 Å². The maximum atomic E-state index is 12.4. The summed E-state index contributed by atoms with van der Waals surface area (Å²) in [6.45, 7) is 3.57. The number of anilines is 2. The van der Waals surface area contributed by atoms with Crippen molar-refractivity contribution in [2.45, 2.75) is 25.7 Å². The molecule has 0 radical (unpaired) electrons. The summed E-state index contributed by atoms with van der Waals surface area (Å²) in [6, 6.07) is 11.8. The number of carbonyl (C=O) groups excluding carboxylic acids is 2. The van der Waals surface area contributed by atoms with Crippen molar-refractivity contribution in [1.82, 2.24) is 20.7 Å². The molecule has 35 heavy (non-hydrogen) atoms. The van der Waals surface area contributed by atoms with Crippen LogP contribution in [-0.2, 0) is 0 Å². The Morgan fingerprint density at radius 3 is 2.37 bits per heavy atom. The number of hydrogen-bond acceptors (Lipinski definition) is 7. The third-order valence-corrected chi connectivity index (χ3v) is 8.14. The fourth-order valence-corrected chi connectivity index (χ4v) is 5.78. The smallest absolute Gasteiger partial charge is 0.289 e. The maximum Gasteiger partial charge on any atom is 0.289 e. The molecule has 3 aromatic rings. The number of thiocarbonyl (C=S) groups is 1. The number of thiazole rings is 1.